The van der Waals surface area contributed by atoms with Crippen LogP contribution in [0.3, 0.4) is 0 Å². The molecule has 3 rings (SSSR count). The molecule has 9 nitrogen and oxygen atoms in total. The second-order valence-corrected chi connectivity index (χ2v) is 10.0. The Kier molecular flexibility index (Phi) is 8.88. The minimum atomic E-state index is -1.04. The number of aromatic nitrogens is 1. The first-order valence-electron chi connectivity index (χ1n) is 11.9. The number of nitrogens with zero attached hydrogens (tertiary/aromatic N) is 2. The molecule has 3 aromatic rings. The van der Waals surface area contributed by atoms with Gasteiger partial charge < -0.3 is 21.5 Å². The van der Waals surface area contributed by atoms with Gasteiger partial charge in [-0.25, -0.2) is 0 Å². The highest BCUT2D eigenvalue weighted by atomic mass is 32.1. The lowest BCUT2D eigenvalue weighted by Crippen LogP contribution is -2.44. The molecule has 1 heterocycles. The van der Waals surface area contributed by atoms with Gasteiger partial charge >= 0.3 is 0 Å². The summed E-state index contributed by atoms with van der Waals surface area (Å²) in [5.41, 5.74) is 14.1. The molecule has 1 atom stereocenters. The highest BCUT2D eigenvalue weighted by Crippen LogP contribution is 2.35. The summed E-state index contributed by atoms with van der Waals surface area (Å²) in [5.74, 6) is -0.735. The fraction of sp³-hybridized carbons (Fsp3) is 0.333. The molecule has 0 aliphatic heterocycles. The Hall–Kier alpha value is -3.92. The predicted molar refractivity (Wildman–Crippen MR) is 146 cm³/mol. The fourth-order valence-corrected chi connectivity index (χ4v) is 4.71. The Morgan fingerprint density at radius 1 is 1.11 bits per heavy atom. The Balaban J connectivity index is 2.20. The van der Waals surface area contributed by atoms with Crippen molar-refractivity contribution >= 4 is 40.6 Å². The molecule has 0 aliphatic rings. The van der Waals surface area contributed by atoms with E-state index in [1.54, 1.807) is 37.4 Å². The maximum Gasteiger partial charge on any atom is 0.273 e. The lowest BCUT2D eigenvalue weighted by atomic mass is 10.00. The van der Waals surface area contributed by atoms with Crippen molar-refractivity contribution < 1.29 is 19.1 Å². The van der Waals surface area contributed by atoms with Crippen molar-refractivity contribution in [3.05, 3.63) is 69.7 Å². The van der Waals surface area contributed by atoms with Crippen LogP contribution in [0.1, 0.15) is 63.2 Å². The number of carbonyl (C=O) groups is 3. The van der Waals surface area contributed by atoms with Gasteiger partial charge in [-0.3, -0.25) is 19.3 Å². The van der Waals surface area contributed by atoms with Gasteiger partial charge in [-0.05, 0) is 67.0 Å². The molecule has 0 radical (unpaired) electrons. The Morgan fingerprint density at radius 2 is 1.78 bits per heavy atom. The summed E-state index contributed by atoms with van der Waals surface area (Å²) in [4.78, 5) is 41.1. The van der Waals surface area contributed by atoms with Gasteiger partial charge in [0, 0.05) is 12.2 Å². The summed E-state index contributed by atoms with van der Waals surface area (Å²) in [5, 5.41) is 2.98. The van der Waals surface area contributed by atoms with E-state index in [0.29, 0.717) is 29.5 Å². The number of amides is 3. The van der Waals surface area contributed by atoms with E-state index >= 15 is 0 Å². The van der Waals surface area contributed by atoms with E-state index in [1.165, 1.54) is 4.90 Å². The van der Waals surface area contributed by atoms with E-state index in [-0.39, 0.29) is 22.2 Å². The van der Waals surface area contributed by atoms with Crippen molar-refractivity contribution in [3.8, 4) is 5.75 Å². The molecule has 5 N–H and O–H groups in total. The third kappa shape index (κ3) is 6.26. The molecule has 10 heteroatoms. The monoisotopic (exact) mass is 523 g/mol. The minimum Gasteiger partial charge on any atom is -0.497 e. The Labute approximate surface area is 221 Å². The third-order valence-corrected chi connectivity index (χ3v) is 6.80. The van der Waals surface area contributed by atoms with Crippen LogP contribution in [-0.4, -0.2) is 35.7 Å². The number of methoxy groups -OCH3 is 1. The average Bonchev–Trinajstić information content (AvgIpc) is 3.24. The summed E-state index contributed by atoms with van der Waals surface area (Å²) in [6, 6.07) is 11.5. The largest absolute Gasteiger partial charge is 0.497 e. The number of aryl methyl sites for hydroxylation is 2. The highest BCUT2D eigenvalue weighted by molar-refractivity contribution is 7.09. The smallest absolute Gasteiger partial charge is 0.273 e. The van der Waals surface area contributed by atoms with Crippen LogP contribution in [0.5, 0.6) is 5.75 Å². The number of anilines is 2. The van der Waals surface area contributed by atoms with E-state index in [4.69, 9.17) is 16.2 Å². The zero-order valence-electron chi connectivity index (χ0n) is 21.7. The first kappa shape index (κ1) is 27.7. The SMILES string of the molecule is COc1ccc([C@@H](C(=O)NCCC(C)C)N(C(=O)c2snc(C(N)=O)c2N)c2ccc(C)cc2C)cc1. The molecule has 0 saturated heterocycles. The van der Waals surface area contributed by atoms with Gasteiger partial charge in [-0.1, -0.05) is 43.7 Å². The molecule has 0 unspecified atom stereocenters. The first-order chi connectivity index (χ1) is 17.5. The molecular weight excluding hydrogens is 490 g/mol. The van der Waals surface area contributed by atoms with Crippen molar-refractivity contribution in [1.82, 2.24) is 9.69 Å². The van der Waals surface area contributed by atoms with E-state index in [2.05, 4.69) is 23.5 Å². The van der Waals surface area contributed by atoms with Crippen LogP contribution in [0.15, 0.2) is 42.5 Å². The van der Waals surface area contributed by atoms with E-state index in [9.17, 15) is 14.4 Å². The molecule has 0 bridgehead atoms. The summed E-state index contributed by atoms with van der Waals surface area (Å²) in [7, 11) is 1.56. The lowest BCUT2D eigenvalue weighted by molar-refractivity contribution is -0.122. The number of hydrogen-bond acceptors (Lipinski definition) is 7. The highest BCUT2D eigenvalue weighted by Gasteiger charge is 2.36. The van der Waals surface area contributed by atoms with Gasteiger partial charge in [-0.2, -0.15) is 4.37 Å². The number of rotatable bonds is 10. The summed E-state index contributed by atoms with van der Waals surface area (Å²) in [6.07, 6.45) is 0.780. The summed E-state index contributed by atoms with van der Waals surface area (Å²) >= 11 is 0.778. The van der Waals surface area contributed by atoms with Gasteiger partial charge in [0.2, 0.25) is 5.91 Å². The number of ether oxygens (including phenoxy) is 1. The molecule has 0 spiro atoms. The zero-order valence-corrected chi connectivity index (χ0v) is 22.5. The zero-order chi connectivity index (χ0) is 27.3. The number of nitrogen functional groups attached to an aromatic ring is 1. The molecule has 37 heavy (non-hydrogen) atoms. The molecule has 0 aliphatic carbocycles. The molecule has 0 fully saturated rings. The maximum atomic E-state index is 14.1. The van der Waals surface area contributed by atoms with Gasteiger partial charge in [0.15, 0.2) is 5.69 Å². The van der Waals surface area contributed by atoms with E-state index < -0.39 is 17.9 Å². The second-order valence-electron chi connectivity index (χ2n) is 9.25. The normalized spacial score (nSPS) is 11.7. The third-order valence-electron chi connectivity index (χ3n) is 5.95. The van der Waals surface area contributed by atoms with Gasteiger partial charge in [0.05, 0.1) is 12.8 Å². The molecule has 1 aromatic heterocycles. The van der Waals surface area contributed by atoms with Crippen molar-refractivity contribution in [2.75, 3.05) is 24.3 Å². The van der Waals surface area contributed by atoms with Crippen LogP contribution in [0.25, 0.3) is 0 Å². The second kappa shape index (κ2) is 11.9. The maximum absolute atomic E-state index is 14.1. The Bertz CT molecular complexity index is 1290. The standard InChI is InChI=1S/C27H33N5O4S/c1-15(2)12-13-30-26(34)23(18-7-9-19(36-5)10-8-18)32(20-11-6-16(3)14-17(20)4)27(35)24-21(28)22(25(29)33)31-37-24/h6-11,14-15,23H,12-13,28H2,1-5H3,(H2,29,33)(H,30,34)/t23-/m0/s1. The fourth-order valence-electron chi connectivity index (χ4n) is 3.96. The van der Waals surface area contributed by atoms with Crippen LogP contribution in [-0.2, 0) is 4.79 Å². The molecular formula is C27H33N5O4S. The minimum absolute atomic E-state index is 0.0299. The van der Waals surface area contributed by atoms with Gasteiger partial charge in [0.25, 0.3) is 11.8 Å². The number of nitrogens with one attached hydrogen (secondary N) is 1. The summed E-state index contributed by atoms with van der Waals surface area (Å²) in [6.45, 7) is 8.41. The van der Waals surface area contributed by atoms with Crippen LogP contribution in [0, 0.1) is 19.8 Å². The molecule has 0 saturated carbocycles. The lowest BCUT2D eigenvalue weighted by Gasteiger charge is -2.32. The molecule has 2 aromatic carbocycles. The topological polar surface area (TPSA) is 141 Å². The summed E-state index contributed by atoms with van der Waals surface area (Å²) < 4.78 is 9.28. The van der Waals surface area contributed by atoms with Crippen LogP contribution in [0.2, 0.25) is 0 Å². The predicted octanol–water partition coefficient (Wildman–Crippen LogP) is 4.00. The van der Waals surface area contributed by atoms with Crippen molar-refractivity contribution in [2.45, 2.75) is 40.2 Å². The number of nitrogens with two attached hydrogens (primary N) is 2. The Morgan fingerprint density at radius 3 is 2.32 bits per heavy atom. The van der Waals surface area contributed by atoms with E-state index in [0.717, 1.165) is 29.1 Å². The van der Waals surface area contributed by atoms with Crippen LogP contribution in [0.4, 0.5) is 11.4 Å². The van der Waals surface area contributed by atoms with Crippen molar-refractivity contribution in [2.24, 2.45) is 11.7 Å². The quantitative estimate of drug-likeness (QED) is 0.367. The van der Waals surface area contributed by atoms with Gasteiger partial charge in [0.1, 0.15) is 16.7 Å². The van der Waals surface area contributed by atoms with Crippen molar-refractivity contribution in [1.29, 1.82) is 0 Å². The number of benzene rings is 2. The number of hydrogen-bond donors (Lipinski definition) is 3. The van der Waals surface area contributed by atoms with Gasteiger partial charge in [-0.15, -0.1) is 0 Å². The van der Waals surface area contributed by atoms with Crippen LogP contribution < -0.4 is 26.4 Å². The first-order valence-corrected chi connectivity index (χ1v) is 12.7. The number of primary amides is 1. The number of carbonyl (C=O) groups excluding carboxylic acids is 3. The molecule has 3 amide bonds. The van der Waals surface area contributed by atoms with Crippen molar-refractivity contribution in [3.63, 3.8) is 0 Å². The van der Waals surface area contributed by atoms with E-state index in [1.807, 2.05) is 26.0 Å². The van der Waals surface area contributed by atoms with Crippen LogP contribution >= 0.6 is 11.5 Å². The average molecular weight is 524 g/mol. The molecule has 196 valence electrons.